The van der Waals surface area contributed by atoms with Gasteiger partial charge in [0.2, 0.25) is 0 Å². The molecule has 0 spiro atoms. The van der Waals surface area contributed by atoms with Crippen LogP contribution in [0.25, 0.3) is 0 Å². The molecule has 1 saturated carbocycles. The Morgan fingerprint density at radius 1 is 1.32 bits per heavy atom. The van der Waals surface area contributed by atoms with Crippen molar-refractivity contribution >= 4 is 0 Å². The summed E-state index contributed by atoms with van der Waals surface area (Å²) >= 11 is 0. The monoisotopic (exact) mass is 269 g/mol. The highest BCUT2D eigenvalue weighted by molar-refractivity contribution is 5.26. The largest absolute Gasteiger partial charge is 0.373 e. The zero-order valence-electron chi connectivity index (χ0n) is 11.5. The normalized spacial score (nSPS) is 19.6. The molecule has 0 bridgehead atoms. The summed E-state index contributed by atoms with van der Waals surface area (Å²) in [6.45, 7) is 2.52. The van der Waals surface area contributed by atoms with Gasteiger partial charge in [0.15, 0.2) is 11.6 Å². The van der Waals surface area contributed by atoms with Crippen LogP contribution in [-0.4, -0.2) is 19.3 Å². The van der Waals surface area contributed by atoms with E-state index in [2.05, 4.69) is 5.32 Å². The second kappa shape index (κ2) is 5.97. The standard InChI is InChI=1S/C15H21F2NO/c1-3-19-15(9-4-5-10-15)14(18-2)11-7-6-8-12(16)13(11)17/h6-8,14,18H,3-5,9-10H2,1-2H3. The Morgan fingerprint density at radius 2 is 2.00 bits per heavy atom. The first-order valence-corrected chi connectivity index (χ1v) is 6.90. The minimum atomic E-state index is -0.803. The van der Waals surface area contributed by atoms with Gasteiger partial charge < -0.3 is 10.1 Å². The lowest BCUT2D eigenvalue weighted by Crippen LogP contribution is -2.43. The quantitative estimate of drug-likeness (QED) is 0.882. The fraction of sp³-hybridized carbons (Fsp3) is 0.600. The van der Waals surface area contributed by atoms with Gasteiger partial charge in [-0.05, 0) is 32.9 Å². The van der Waals surface area contributed by atoms with E-state index in [1.54, 1.807) is 19.2 Å². The van der Waals surface area contributed by atoms with Crippen molar-refractivity contribution in [1.29, 1.82) is 0 Å². The van der Waals surface area contributed by atoms with Gasteiger partial charge in [-0.2, -0.15) is 0 Å². The van der Waals surface area contributed by atoms with Crippen LogP contribution in [0.15, 0.2) is 18.2 Å². The van der Waals surface area contributed by atoms with E-state index in [0.29, 0.717) is 12.2 Å². The number of hydrogen-bond acceptors (Lipinski definition) is 2. The Hall–Kier alpha value is -1.00. The highest BCUT2D eigenvalue weighted by Gasteiger charge is 2.43. The number of halogens is 2. The van der Waals surface area contributed by atoms with E-state index < -0.39 is 17.2 Å². The molecule has 1 aromatic carbocycles. The molecule has 0 aliphatic heterocycles. The second-order valence-electron chi connectivity index (χ2n) is 5.07. The molecule has 0 saturated heterocycles. The molecule has 1 atom stereocenters. The maximum absolute atomic E-state index is 14.0. The molecule has 0 heterocycles. The molecule has 1 aromatic rings. The molecule has 2 rings (SSSR count). The van der Waals surface area contributed by atoms with Crippen LogP contribution in [0.5, 0.6) is 0 Å². The van der Waals surface area contributed by atoms with Crippen molar-refractivity contribution in [3.05, 3.63) is 35.4 Å². The molecule has 2 nitrogen and oxygen atoms in total. The molecule has 106 valence electrons. The summed E-state index contributed by atoms with van der Waals surface area (Å²) in [5, 5.41) is 3.12. The zero-order valence-corrected chi connectivity index (χ0v) is 11.5. The second-order valence-corrected chi connectivity index (χ2v) is 5.07. The van der Waals surface area contributed by atoms with Crippen LogP contribution in [0.3, 0.4) is 0 Å². The Kier molecular flexibility index (Phi) is 4.53. The average Bonchev–Trinajstić information content (AvgIpc) is 2.85. The van der Waals surface area contributed by atoms with E-state index in [9.17, 15) is 8.78 Å². The highest BCUT2D eigenvalue weighted by atomic mass is 19.2. The molecule has 19 heavy (non-hydrogen) atoms. The summed E-state index contributed by atoms with van der Waals surface area (Å²) in [6.07, 6.45) is 3.88. The zero-order chi connectivity index (χ0) is 13.9. The van der Waals surface area contributed by atoms with Gasteiger partial charge in [-0.3, -0.25) is 0 Å². The van der Waals surface area contributed by atoms with Crippen molar-refractivity contribution < 1.29 is 13.5 Å². The van der Waals surface area contributed by atoms with Crippen LogP contribution in [0.4, 0.5) is 8.78 Å². The minimum absolute atomic E-state index is 0.314. The Balaban J connectivity index is 2.40. The number of ether oxygens (including phenoxy) is 1. The van der Waals surface area contributed by atoms with E-state index in [-0.39, 0.29) is 6.04 Å². The molecular weight excluding hydrogens is 248 g/mol. The highest BCUT2D eigenvalue weighted by Crippen LogP contribution is 2.43. The molecule has 0 amide bonds. The van der Waals surface area contributed by atoms with E-state index in [4.69, 9.17) is 4.74 Å². The fourth-order valence-electron chi connectivity index (χ4n) is 3.22. The van der Waals surface area contributed by atoms with E-state index in [1.807, 2.05) is 6.92 Å². The van der Waals surface area contributed by atoms with Crippen molar-refractivity contribution in [3.63, 3.8) is 0 Å². The van der Waals surface area contributed by atoms with Crippen LogP contribution in [0.2, 0.25) is 0 Å². The first-order valence-electron chi connectivity index (χ1n) is 6.90. The molecule has 1 aliphatic carbocycles. The SMILES string of the molecule is CCOC1(C(NC)c2cccc(F)c2F)CCCC1. The van der Waals surface area contributed by atoms with Gasteiger partial charge in [-0.1, -0.05) is 25.0 Å². The molecule has 1 fully saturated rings. The number of likely N-dealkylation sites (N-methyl/N-ethyl adjacent to an activating group) is 1. The summed E-state index contributed by atoms with van der Waals surface area (Å²) in [6, 6.07) is 4.02. The summed E-state index contributed by atoms with van der Waals surface area (Å²) < 4.78 is 33.4. The lowest BCUT2D eigenvalue weighted by molar-refractivity contribution is -0.0618. The smallest absolute Gasteiger partial charge is 0.163 e. The van der Waals surface area contributed by atoms with Gasteiger partial charge in [0.25, 0.3) is 0 Å². The molecular formula is C15H21F2NO. The van der Waals surface area contributed by atoms with Crippen LogP contribution in [0, 0.1) is 11.6 Å². The molecule has 1 N–H and O–H groups in total. The molecule has 4 heteroatoms. The number of rotatable bonds is 5. The lowest BCUT2D eigenvalue weighted by Gasteiger charge is -2.37. The predicted octanol–water partition coefficient (Wildman–Crippen LogP) is 3.57. The predicted molar refractivity (Wildman–Crippen MR) is 71.0 cm³/mol. The minimum Gasteiger partial charge on any atom is -0.373 e. The fourth-order valence-corrected chi connectivity index (χ4v) is 3.22. The van der Waals surface area contributed by atoms with Crippen molar-refractivity contribution in [2.45, 2.75) is 44.2 Å². The molecule has 1 unspecified atom stereocenters. The van der Waals surface area contributed by atoms with Crippen molar-refractivity contribution in [2.24, 2.45) is 0 Å². The summed E-state index contributed by atoms with van der Waals surface area (Å²) in [5.41, 5.74) is -0.0594. The molecule has 0 radical (unpaired) electrons. The van der Waals surface area contributed by atoms with E-state index in [0.717, 1.165) is 31.7 Å². The third kappa shape index (κ3) is 2.65. The maximum atomic E-state index is 14.0. The summed E-state index contributed by atoms with van der Waals surface area (Å²) in [7, 11) is 1.77. The number of benzene rings is 1. The average molecular weight is 269 g/mol. The Morgan fingerprint density at radius 3 is 2.58 bits per heavy atom. The van der Waals surface area contributed by atoms with Gasteiger partial charge in [0, 0.05) is 12.2 Å². The first-order chi connectivity index (χ1) is 9.14. The lowest BCUT2D eigenvalue weighted by atomic mass is 9.86. The van der Waals surface area contributed by atoms with Crippen LogP contribution < -0.4 is 5.32 Å². The third-order valence-corrected chi connectivity index (χ3v) is 3.99. The Labute approximate surface area is 113 Å². The van der Waals surface area contributed by atoms with E-state index in [1.165, 1.54) is 0 Å². The van der Waals surface area contributed by atoms with Gasteiger partial charge in [0.1, 0.15) is 0 Å². The topological polar surface area (TPSA) is 21.3 Å². The van der Waals surface area contributed by atoms with Gasteiger partial charge in [-0.15, -0.1) is 0 Å². The van der Waals surface area contributed by atoms with Crippen LogP contribution in [0.1, 0.15) is 44.2 Å². The summed E-state index contributed by atoms with van der Waals surface area (Å²) in [4.78, 5) is 0. The first kappa shape index (κ1) is 14.4. The number of hydrogen-bond donors (Lipinski definition) is 1. The van der Waals surface area contributed by atoms with Crippen molar-refractivity contribution in [3.8, 4) is 0 Å². The maximum Gasteiger partial charge on any atom is 0.163 e. The van der Waals surface area contributed by atoms with E-state index >= 15 is 0 Å². The summed E-state index contributed by atoms with van der Waals surface area (Å²) in [5.74, 6) is -1.57. The molecule has 0 aromatic heterocycles. The number of nitrogens with one attached hydrogen (secondary N) is 1. The van der Waals surface area contributed by atoms with Crippen molar-refractivity contribution in [1.82, 2.24) is 5.32 Å². The third-order valence-electron chi connectivity index (χ3n) is 3.99. The Bertz CT molecular complexity index is 430. The van der Waals surface area contributed by atoms with Gasteiger partial charge >= 0.3 is 0 Å². The molecule has 1 aliphatic rings. The van der Waals surface area contributed by atoms with Crippen molar-refractivity contribution in [2.75, 3.05) is 13.7 Å². The van der Waals surface area contributed by atoms with Crippen LogP contribution in [-0.2, 0) is 4.74 Å². The van der Waals surface area contributed by atoms with Gasteiger partial charge in [-0.25, -0.2) is 8.78 Å². The van der Waals surface area contributed by atoms with Gasteiger partial charge in [0.05, 0.1) is 11.6 Å². The van der Waals surface area contributed by atoms with Crippen LogP contribution >= 0.6 is 0 Å².